The predicted octanol–water partition coefficient (Wildman–Crippen LogP) is 2.31. The van der Waals surface area contributed by atoms with E-state index in [-0.39, 0.29) is 0 Å². The molecule has 0 aliphatic carbocycles. The Labute approximate surface area is 106 Å². The summed E-state index contributed by atoms with van der Waals surface area (Å²) < 4.78 is 0. The molecule has 3 heteroatoms. The summed E-state index contributed by atoms with van der Waals surface area (Å²) in [5, 5.41) is 3.64. The molecule has 0 aromatic heterocycles. The molecule has 1 rings (SSSR count). The minimum Gasteiger partial charge on any atom is -0.311 e. The summed E-state index contributed by atoms with van der Waals surface area (Å²) in [6.07, 6.45) is 3.52. The first-order valence-electron chi connectivity index (χ1n) is 6.56. The van der Waals surface area contributed by atoms with Crippen molar-refractivity contribution >= 4 is 11.8 Å². The van der Waals surface area contributed by atoms with E-state index >= 15 is 0 Å². The van der Waals surface area contributed by atoms with Crippen molar-refractivity contribution in [2.24, 2.45) is 11.8 Å². The number of piperazine rings is 1. The molecule has 1 fully saturated rings. The van der Waals surface area contributed by atoms with E-state index in [0.717, 1.165) is 17.9 Å². The van der Waals surface area contributed by atoms with Gasteiger partial charge in [0.15, 0.2) is 0 Å². The van der Waals surface area contributed by atoms with E-state index in [4.69, 9.17) is 0 Å². The molecule has 16 heavy (non-hydrogen) atoms. The summed E-state index contributed by atoms with van der Waals surface area (Å²) >= 11 is 1.97. The maximum absolute atomic E-state index is 3.64. The quantitative estimate of drug-likeness (QED) is 0.772. The number of nitrogens with zero attached hydrogens (tertiary/aromatic N) is 1. The van der Waals surface area contributed by atoms with Gasteiger partial charge in [-0.25, -0.2) is 0 Å². The van der Waals surface area contributed by atoms with Crippen LogP contribution < -0.4 is 5.32 Å². The maximum atomic E-state index is 3.64. The fourth-order valence-electron chi connectivity index (χ4n) is 2.57. The molecule has 0 radical (unpaired) electrons. The zero-order chi connectivity index (χ0) is 12.0. The van der Waals surface area contributed by atoms with E-state index in [2.05, 4.69) is 37.2 Å². The van der Waals surface area contributed by atoms with Crippen molar-refractivity contribution in [3.05, 3.63) is 0 Å². The third-order valence-corrected chi connectivity index (χ3v) is 4.02. The second-order valence-electron chi connectivity index (χ2n) is 5.60. The van der Waals surface area contributed by atoms with Gasteiger partial charge in [-0.15, -0.1) is 0 Å². The van der Waals surface area contributed by atoms with Gasteiger partial charge in [-0.2, -0.15) is 11.8 Å². The predicted molar refractivity (Wildman–Crippen MR) is 75.2 cm³/mol. The van der Waals surface area contributed by atoms with Crippen LogP contribution in [-0.4, -0.2) is 49.1 Å². The lowest BCUT2D eigenvalue weighted by atomic mass is 10.0. The summed E-state index contributed by atoms with van der Waals surface area (Å²) in [6.45, 7) is 11.9. The van der Waals surface area contributed by atoms with Crippen LogP contribution in [-0.2, 0) is 0 Å². The lowest BCUT2D eigenvalue weighted by molar-refractivity contribution is 0.171. The van der Waals surface area contributed by atoms with Gasteiger partial charge in [-0.05, 0) is 30.3 Å². The molecule has 2 unspecified atom stereocenters. The lowest BCUT2D eigenvalue weighted by Gasteiger charge is -2.35. The maximum Gasteiger partial charge on any atom is 0.0198 e. The van der Waals surface area contributed by atoms with Crippen LogP contribution in [0.4, 0.5) is 0 Å². The number of nitrogens with one attached hydrogen (secondary N) is 1. The van der Waals surface area contributed by atoms with Gasteiger partial charge in [0.05, 0.1) is 0 Å². The monoisotopic (exact) mass is 244 g/mol. The topological polar surface area (TPSA) is 15.3 Å². The first kappa shape index (κ1) is 14.3. The Morgan fingerprint density at radius 3 is 2.75 bits per heavy atom. The smallest absolute Gasteiger partial charge is 0.0198 e. The molecule has 2 nitrogen and oxygen atoms in total. The first-order valence-corrected chi connectivity index (χ1v) is 7.95. The fraction of sp³-hybridized carbons (Fsp3) is 1.00. The van der Waals surface area contributed by atoms with Crippen molar-refractivity contribution in [1.82, 2.24) is 10.2 Å². The highest BCUT2D eigenvalue weighted by molar-refractivity contribution is 7.98. The van der Waals surface area contributed by atoms with Crippen molar-refractivity contribution in [1.29, 1.82) is 0 Å². The number of thioether (sulfide) groups is 1. The Hall–Kier alpha value is 0.270. The van der Waals surface area contributed by atoms with E-state index in [1.807, 2.05) is 11.8 Å². The Morgan fingerprint density at radius 2 is 2.12 bits per heavy atom. The molecular weight excluding hydrogens is 216 g/mol. The van der Waals surface area contributed by atoms with Crippen LogP contribution in [0.25, 0.3) is 0 Å². The van der Waals surface area contributed by atoms with E-state index in [9.17, 15) is 0 Å². The highest BCUT2D eigenvalue weighted by Crippen LogP contribution is 2.12. The normalized spacial score (nSPS) is 24.9. The Morgan fingerprint density at radius 1 is 1.38 bits per heavy atom. The van der Waals surface area contributed by atoms with Crippen molar-refractivity contribution in [2.75, 3.05) is 38.2 Å². The van der Waals surface area contributed by atoms with Crippen molar-refractivity contribution in [3.8, 4) is 0 Å². The number of rotatable bonds is 6. The van der Waals surface area contributed by atoms with Crippen LogP contribution in [0.15, 0.2) is 0 Å². The molecule has 1 aliphatic heterocycles. The largest absolute Gasteiger partial charge is 0.311 e. The van der Waals surface area contributed by atoms with Gasteiger partial charge in [0.25, 0.3) is 0 Å². The molecular formula is C13H28N2S. The SMILES string of the molecule is CSCC(C)CN1CCNC(CC(C)C)C1. The molecule has 1 heterocycles. The van der Waals surface area contributed by atoms with Crippen LogP contribution >= 0.6 is 11.8 Å². The zero-order valence-corrected chi connectivity index (χ0v) is 12.1. The van der Waals surface area contributed by atoms with Crippen molar-refractivity contribution < 1.29 is 0 Å². The summed E-state index contributed by atoms with van der Waals surface area (Å²) in [6, 6.07) is 0.718. The summed E-state index contributed by atoms with van der Waals surface area (Å²) in [5.41, 5.74) is 0. The third kappa shape index (κ3) is 5.55. The zero-order valence-electron chi connectivity index (χ0n) is 11.3. The molecule has 1 saturated heterocycles. The molecule has 0 amide bonds. The number of hydrogen-bond acceptors (Lipinski definition) is 3. The van der Waals surface area contributed by atoms with E-state index in [1.54, 1.807) is 0 Å². The van der Waals surface area contributed by atoms with E-state index in [1.165, 1.54) is 38.4 Å². The molecule has 1 N–H and O–H groups in total. The lowest BCUT2D eigenvalue weighted by Crippen LogP contribution is -2.52. The Kier molecular flexibility index (Phi) is 6.78. The van der Waals surface area contributed by atoms with Gasteiger partial charge >= 0.3 is 0 Å². The van der Waals surface area contributed by atoms with Crippen LogP contribution in [0, 0.1) is 11.8 Å². The molecule has 96 valence electrons. The van der Waals surface area contributed by atoms with Gasteiger partial charge < -0.3 is 10.2 Å². The number of hydrogen-bond donors (Lipinski definition) is 1. The minimum absolute atomic E-state index is 0.718. The summed E-state index contributed by atoms with van der Waals surface area (Å²) in [4.78, 5) is 2.64. The van der Waals surface area contributed by atoms with Crippen molar-refractivity contribution in [3.63, 3.8) is 0 Å². The highest BCUT2D eigenvalue weighted by atomic mass is 32.2. The van der Waals surface area contributed by atoms with Gasteiger partial charge in [-0.3, -0.25) is 0 Å². The van der Waals surface area contributed by atoms with Gasteiger partial charge in [0.1, 0.15) is 0 Å². The fourth-order valence-corrected chi connectivity index (χ4v) is 3.24. The summed E-state index contributed by atoms with van der Waals surface area (Å²) in [7, 11) is 0. The molecule has 0 spiro atoms. The highest BCUT2D eigenvalue weighted by Gasteiger charge is 2.20. The average molecular weight is 244 g/mol. The molecule has 1 aliphatic rings. The van der Waals surface area contributed by atoms with Crippen LogP contribution in [0.5, 0.6) is 0 Å². The van der Waals surface area contributed by atoms with E-state index in [0.29, 0.717) is 0 Å². The molecule has 0 aromatic carbocycles. The van der Waals surface area contributed by atoms with Crippen LogP contribution in [0.1, 0.15) is 27.2 Å². The van der Waals surface area contributed by atoms with Gasteiger partial charge in [0.2, 0.25) is 0 Å². The standard InChI is InChI=1S/C13H28N2S/c1-11(2)7-13-9-15(6-5-14-13)8-12(3)10-16-4/h11-14H,5-10H2,1-4H3. The first-order chi connectivity index (χ1) is 7.61. The summed E-state index contributed by atoms with van der Waals surface area (Å²) in [5.74, 6) is 2.92. The van der Waals surface area contributed by atoms with Crippen molar-refractivity contribution in [2.45, 2.75) is 33.2 Å². The average Bonchev–Trinajstić information content (AvgIpc) is 2.17. The van der Waals surface area contributed by atoms with Gasteiger partial charge in [0, 0.05) is 32.2 Å². The molecule has 0 aromatic rings. The third-order valence-electron chi connectivity index (χ3n) is 3.12. The minimum atomic E-state index is 0.718. The Balaban J connectivity index is 2.27. The van der Waals surface area contributed by atoms with Crippen LogP contribution in [0.2, 0.25) is 0 Å². The molecule has 2 atom stereocenters. The molecule has 0 bridgehead atoms. The second-order valence-corrected chi connectivity index (χ2v) is 6.51. The second kappa shape index (κ2) is 7.57. The Bertz CT molecular complexity index is 185. The van der Waals surface area contributed by atoms with Crippen LogP contribution in [0.3, 0.4) is 0 Å². The van der Waals surface area contributed by atoms with E-state index < -0.39 is 0 Å². The molecule has 0 saturated carbocycles. The van der Waals surface area contributed by atoms with Gasteiger partial charge in [-0.1, -0.05) is 20.8 Å².